The Morgan fingerprint density at radius 2 is 2.00 bits per heavy atom. The molecular formula is C14H24N2O3. The highest BCUT2D eigenvalue weighted by Crippen LogP contribution is 2.27. The third-order valence-corrected chi connectivity index (χ3v) is 4.51. The van der Waals surface area contributed by atoms with E-state index in [0.717, 1.165) is 32.4 Å². The molecule has 0 aromatic carbocycles. The molecule has 3 unspecified atom stereocenters. The fraction of sp³-hybridized carbons (Fsp3) is 0.857. The first-order valence-electron chi connectivity index (χ1n) is 7.31. The zero-order chi connectivity index (χ0) is 14.0. The maximum absolute atomic E-state index is 12.4. The molecule has 5 heteroatoms. The molecule has 2 heterocycles. The normalized spacial score (nSPS) is 31.6. The average molecular weight is 268 g/mol. The van der Waals surface area contributed by atoms with Crippen molar-refractivity contribution in [2.24, 2.45) is 11.8 Å². The van der Waals surface area contributed by atoms with Gasteiger partial charge in [-0.05, 0) is 31.1 Å². The van der Waals surface area contributed by atoms with E-state index in [1.807, 2.05) is 4.90 Å². The predicted octanol–water partition coefficient (Wildman–Crippen LogP) is 2.02. The van der Waals surface area contributed by atoms with Gasteiger partial charge in [-0.25, -0.2) is 9.59 Å². The number of hydrogen-bond donors (Lipinski definition) is 1. The minimum atomic E-state index is -0.862. The van der Waals surface area contributed by atoms with E-state index in [4.69, 9.17) is 0 Å². The van der Waals surface area contributed by atoms with Gasteiger partial charge in [0.05, 0.1) is 0 Å². The number of rotatable bonds is 2. The van der Waals surface area contributed by atoms with Gasteiger partial charge in [0, 0.05) is 19.6 Å². The quantitative estimate of drug-likeness (QED) is 0.833. The van der Waals surface area contributed by atoms with Gasteiger partial charge in [-0.1, -0.05) is 20.3 Å². The number of likely N-dealkylation sites (tertiary alicyclic amines) is 2. The standard InChI is InChI=1S/C14H24N2O3/c1-3-11-5-7-16(12(8-11)13(17)18)14(19)15-6-4-10(2)9-15/h10-12H,3-9H2,1-2H3,(H,17,18). The number of amides is 2. The van der Waals surface area contributed by atoms with Crippen molar-refractivity contribution in [1.82, 2.24) is 9.80 Å². The van der Waals surface area contributed by atoms with E-state index in [2.05, 4.69) is 13.8 Å². The number of hydrogen-bond acceptors (Lipinski definition) is 2. The van der Waals surface area contributed by atoms with Crippen LogP contribution in [-0.4, -0.2) is 52.6 Å². The highest BCUT2D eigenvalue weighted by Gasteiger charge is 2.38. The monoisotopic (exact) mass is 268 g/mol. The third kappa shape index (κ3) is 3.01. The fourth-order valence-corrected chi connectivity index (χ4v) is 3.16. The fourth-order valence-electron chi connectivity index (χ4n) is 3.16. The first-order chi connectivity index (χ1) is 9.02. The molecule has 0 saturated carbocycles. The molecule has 2 rings (SSSR count). The molecule has 0 radical (unpaired) electrons. The number of urea groups is 1. The summed E-state index contributed by atoms with van der Waals surface area (Å²) in [6.45, 7) is 6.33. The largest absolute Gasteiger partial charge is 0.480 e. The van der Waals surface area contributed by atoms with Crippen LogP contribution in [0, 0.1) is 11.8 Å². The number of nitrogens with zero attached hydrogens (tertiary/aromatic N) is 2. The summed E-state index contributed by atoms with van der Waals surface area (Å²) in [6.07, 6.45) is 3.54. The Hall–Kier alpha value is -1.26. The minimum Gasteiger partial charge on any atom is -0.480 e. The van der Waals surface area contributed by atoms with Gasteiger partial charge in [0.15, 0.2) is 0 Å². The van der Waals surface area contributed by atoms with Crippen LogP contribution in [0.1, 0.15) is 39.5 Å². The molecule has 108 valence electrons. The lowest BCUT2D eigenvalue weighted by Crippen LogP contribution is -2.54. The minimum absolute atomic E-state index is 0.0775. The number of carbonyl (C=O) groups excluding carboxylic acids is 1. The van der Waals surface area contributed by atoms with Gasteiger partial charge in [-0.2, -0.15) is 0 Å². The van der Waals surface area contributed by atoms with Gasteiger partial charge in [-0.3, -0.25) is 0 Å². The van der Waals surface area contributed by atoms with Crippen molar-refractivity contribution in [3.05, 3.63) is 0 Å². The Balaban J connectivity index is 2.04. The number of carbonyl (C=O) groups is 2. The SMILES string of the molecule is CCC1CCN(C(=O)N2CCC(C)C2)C(C(=O)O)C1. The first-order valence-corrected chi connectivity index (χ1v) is 7.31. The van der Waals surface area contributed by atoms with Gasteiger partial charge in [0.2, 0.25) is 0 Å². The van der Waals surface area contributed by atoms with E-state index in [-0.39, 0.29) is 6.03 Å². The molecule has 0 aromatic heterocycles. The van der Waals surface area contributed by atoms with Crippen molar-refractivity contribution >= 4 is 12.0 Å². The lowest BCUT2D eigenvalue weighted by molar-refractivity contribution is -0.144. The second-order valence-electron chi connectivity index (χ2n) is 5.97. The smallest absolute Gasteiger partial charge is 0.326 e. The molecule has 2 saturated heterocycles. The number of aliphatic carboxylic acids is 1. The molecular weight excluding hydrogens is 244 g/mol. The molecule has 0 bridgehead atoms. The lowest BCUT2D eigenvalue weighted by Gasteiger charge is -2.38. The van der Waals surface area contributed by atoms with Crippen LogP contribution < -0.4 is 0 Å². The summed E-state index contributed by atoms with van der Waals surface area (Å²) in [4.78, 5) is 27.2. The molecule has 5 nitrogen and oxygen atoms in total. The van der Waals surface area contributed by atoms with Crippen LogP contribution in [0.3, 0.4) is 0 Å². The summed E-state index contributed by atoms with van der Waals surface area (Å²) >= 11 is 0. The molecule has 2 fully saturated rings. The molecule has 1 N–H and O–H groups in total. The molecule has 3 atom stereocenters. The highest BCUT2D eigenvalue weighted by atomic mass is 16.4. The Morgan fingerprint density at radius 3 is 2.53 bits per heavy atom. The van der Waals surface area contributed by atoms with Crippen LogP contribution in [0.5, 0.6) is 0 Å². The zero-order valence-corrected chi connectivity index (χ0v) is 11.8. The van der Waals surface area contributed by atoms with Crippen LogP contribution in [0.2, 0.25) is 0 Å². The molecule has 2 amide bonds. The van der Waals surface area contributed by atoms with Crippen molar-refractivity contribution < 1.29 is 14.7 Å². The second kappa shape index (κ2) is 5.80. The zero-order valence-electron chi connectivity index (χ0n) is 11.8. The van der Waals surface area contributed by atoms with Crippen molar-refractivity contribution in [3.63, 3.8) is 0 Å². The second-order valence-corrected chi connectivity index (χ2v) is 5.97. The summed E-state index contributed by atoms with van der Waals surface area (Å²) in [7, 11) is 0. The molecule has 2 aliphatic rings. The van der Waals surface area contributed by atoms with Crippen molar-refractivity contribution in [2.45, 2.75) is 45.6 Å². The maximum atomic E-state index is 12.4. The average Bonchev–Trinajstić information content (AvgIpc) is 2.83. The molecule has 2 aliphatic heterocycles. The summed E-state index contributed by atoms with van der Waals surface area (Å²) in [5, 5.41) is 9.35. The van der Waals surface area contributed by atoms with Crippen molar-refractivity contribution in [1.29, 1.82) is 0 Å². The van der Waals surface area contributed by atoms with Crippen LogP contribution in [-0.2, 0) is 4.79 Å². The molecule has 0 spiro atoms. The molecule has 0 aromatic rings. The van der Waals surface area contributed by atoms with E-state index in [1.54, 1.807) is 4.90 Å². The van der Waals surface area contributed by atoms with E-state index in [9.17, 15) is 14.7 Å². The Morgan fingerprint density at radius 1 is 1.26 bits per heavy atom. The van der Waals surface area contributed by atoms with Gasteiger partial charge >= 0.3 is 12.0 Å². The maximum Gasteiger partial charge on any atom is 0.326 e. The van der Waals surface area contributed by atoms with E-state index in [0.29, 0.717) is 24.8 Å². The predicted molar refractivity (Wildman–Crippen MR) is 71.9 cm³/mol. The first kappa shape index (κ1) is 14.2. The number of piperidine rings is 1. The van der Waals surface area contributed by atoms with Crippen LogP contribution in [0.4, 0.5) is 4.79 Å². The van der Waals surface area contributed by atoms with Crippen molar-refractivity contribution in [2.75, 3.05) is 19.6 Å². The summed E-state index contributed by atoms with van der Waals surface area (Å²) in [6, 6.07) is -0.714. The van der Waals surface area contributed by atoms with Gasteiger partial charge in [0.1, 0.15) is 6.04 Å². The van der Waals surface area contributed by atoms with Crippen LogP contribution >= 0.6 is 0 Å². The van der Waals surface area contributed by atoms with Gasteiger partial charge < -0.3 is 14.9 Å². The Kier molecular flexibility index (Phi) is 4.32. The highest BCUT2D eigenvalue weighted by molar-refractivity contribution is 5.83. The molecule has 19 heavy (non-hydrogen) atoms. The summed E-state index contributed by atoms with van der Waals surface area (Å²) < 4.78 is 0. The summed E-state index contributed by atoms with van der Waals surface area (Å²) in [5.41, 5.74) is 0. The topological polar surface area (TPSA) is 60.9 Å². The van der Waals surface area contributed by atoms with E-state index < -0.39 is 12.0 Å². The Bertz CT molecular complexity index is 359. The summed E-state index contributed by atoms with van der Waals surface area (Å²) in [5.74, 6) is 0.0989. The number of carboxylic acid groups (broad SMARTS) is 1. The number of carboxylic acids is 1. The lowest BCUT2D eigenvalue weighted by atomic mass is 9.89. The van der Waals surface area contributed by atoms with Crippen LogP contribution in [0.25, 0.3) is 0 Å². The third-order valence-electron chi connectivity index (χ3n) is 4.51. The van der Waals surface area contributed by atoms with Crippen molar-refractivity contribution in [3.8, 4) is 0 Å². The van der Waals surface area contributed by atoms with Gasteiger partial charge in [-0.15, -0.1) is 0 Å². The Labute approximate surface area is 114 Å². The van der Waals surface area contributed by atoms with E-state index in [1.165, 1.54) is 0 Å². The van der Waals surface area contributed by atoms with Crippen LogP contribution in [0.15, 0.2) is 0 Å². The van der Waals surface area contributed by atoms with E-state index >= 15 is 0 Å². The van der Waals surface area contributed by atoms with Gasteiger partial charge in [0.25, 0.3) is 0 Å². The molecule has 0 aliphatic carbocycles.